The first kappa shape index (κ1) is 29.7. The number of fused-ring (bicyclic) bond motifs is 3. The van der Waals surface area contributed by atoms with E-state index < -0.39 is 75.6 Å². The van der Waals surface area contributed by atoms with Crippen LogP contribution in [0.1, 0.15) is 32.7 Å². The molecule has 0 spiro atoms. The Balaban J connectivity index is 1.77. The zero-order valence-electron chi connectivity index (χ0n) is 23.5. The van der Waals surface area contributed by atoms with Gasteiger partial charge in [-0.2, -0.15) is 5.26 Å². The predicted octanol–water partition coefficient (Wildman–Crippen LogP) is -0.703. The SMILES string of the molecule is COc1ccc(-c2ccc(O)c3c2C[C@@]2(N)C[C@@]4(N)C(N(C)C)C(=O)C(C(N)=O)C(=O)[C@@]4(C#N)C(=O)C2C3=O)cc1C=O. The summed E-state index contributed by atoms with van der Waals surface area (Å²) in [4.78, 5) is 81.2. The number of nitrogens with zero attached hydrogens (tertiary/aromatic N) is 2. The Kier molecular flexibility index (Phi) is 6.66. The lowest BCUT2D eigenvalue weighted by Gasteiger charge is -2.60. The largest absolute Gasteiger partial charge is 0.507 e. The molecule has 13 nitrogen and oxygen atoms in total. The number of phenolic OH excluding ortho intramolecular Hbond substituents is 1. The van der Waals surface area contributed by atoms with Crippen molar-refractivity contribution in [1.29, 1.82) is 5.26 Å². The number of hydrogen-bond acceptors (Lipinski definition) is 12. The maximum Gasteiger partial charge on any atom is 0.235 e. The molecule has 0 radical (unpaired) electrons. The average molecular weight is 588 g/mol. The molecule has 2 fully saturated rings. The number of primary amides is 1. The van der Waals surface area contributed by atoms with Gasteiger partial charge in [0.2, 0.25) is 5.91 Å². The fraction of sp³-hybridized carbons (Fsp3) is 0.367. The number of Topliss-reactive ketones (excluding diaryl/α,β-unsaturated/α-hetero) is 4. The van der Waals surface area contributed by atoms with E-state index in [0.717, 1.165) is 0 Å². The topological polar surface area (TPSA) is 237 Å². The number of aldehydes is 1. The number of benzene rings is 2. The van der Waals surface area contributed by atoms with E-state index in [-0.39, 0.29) is 23.1 Å². The van der Waals surface area contributed by atoms with Crippen LogP contribution in [0.3, 0.4) is 0 Å². The van der Waals surface area contributed by atoms with Crippen LogP contribution in [0.2, 0.25) is 0 Å². The minimum Gasteiger partial charge on any atom is -0.507 e. The first-order valence-electron chi connectivity index (χ1n) is 13.2. The molecule has 2 saturated carbocycles. The average Bonchev–Trinajstić information content (AvgIpc) is 2.91. The van der Waals surface area contributed by atoms with Crippen LogP contribution >= 0.6 is 0 Å². The second kappa shape index (κ2) is 9.63. The molecule has 43 heavy (non-hydrogen) atoms. The van der Waals surface area contributed by atoms with E-state index in [1.54, 1.807) is 18.2 Å². The Morgan fingerprint density at radius 2 is 1.81 bits per heavy atom. The third-order valence-electron chi connectivity index (χ3n) is 9.14. The number of phenols is 1. The van der Waals surface area contributed by atoms with Crippen LogP contribution in [0.5, 0.6) is 11.5 Å². The standard InChI is InChI=1S/C30H29N5O8/c1-35(2)24-23(39)20(27(32)42)25(40)29(12-31)26(41)21-22(38)19-16(9-28(21,33)11-30(24,29)34)15(5-6-17(19)37)13-4-7-18(43-3)14(8-13)10-36/h4-8,10,20-21,24,37H,9,11,33-34H2,1-3H3,(H2,32,42)/t20?,21?,24?,28-,29+,30-/m1/s1. The van der Waals surface area contributed by atoms with Gasteiger partial charge in [-0.05, 0) is 61.8 Å². The van der Waals surface area contributed by atoms with Crippen molar-refractivity contribution in [2.75, 3.05) is 21.2 Å². The molecule has 0 heterocycles. The number of methoxy groups -OCH3 is 1. The molecule has 3 aliphatic rings. The van der Waals surface area contributed by atoms with Crippen LogP contribution in [-0.2, 0) is 25.6 Å². The molecule has 3 unspecified atom stereocenters. The van der Waals surface area contributed by atoms with Crippen molar-refractivity contribution in [3.05, 3.63) is 47.0 Å². The predicted molar refractivity (Wildman–Crippen MR) is 149 cm³/mol. The molecular weight excluding hydrogens is 558 g/mol. The van der Waals surface area contributed by atoms with E-state index in [9.17, 15) is 39.1 Å². The highest BCUT2D eigenvalue weighted by molar-refractivity contribution is 6.33. The van der Waals surface area contributed by atoms with Gasteiger partial charge in [0, 0.05) is 5.54 Å². The number of aromatic hydroxyl groups is 1. The van der Waals surface area contributed by atoms with Gasteiger partial charge in [0.25, 0.3) is 0 Å². The maximum absolute atomic E-state index is 14.4. The molecule has 13 heteroatoms. The normalized spacial score (nSPS) is 31.5. The minimum atomic E-state index is -2.82. The molecule has 0 aliphatic heterocycles. The highest BCUT2D eigenvalue weighted by Gasteiger charge is 2.78. The molecule has 6 atom stereocenters. The number of carbonyl (C=O) groups excluding carboxylic acids is 6. The number of nitrogens with two attached hydrogens (primary N) is 3. The van der Waals surface area contributed by atoms with E-state index in [0.29, 0.717) is 23.2 Å². The van der Waals surface area contributed by atoms with Gasteiger partial charge in [0.1, 0.15) is 17.4 Å². The van der Waals surface area contributed by atoms with Crippen LogP contribution < -0.4 is 21.9 Å². The van der Waals surface area contributed by atoms with Crippen LogP contribution in [0.4, 0.5) is 0 Å². The summed E-state index contributed by atoms with van der Waals surface area (Å²) < 4.78 is 5.21. The van der Waals surface area contributed by atoms with Gasteiger partial charge in [-0.15, -0.1) is 0 Å². The number of nitriles is 1. The van der Waals surface area contributed by atoms with Gasteiger partial charge in [-0.25, -0.2) is 0 Å². The van der Waals surface area contributed by atoms with Crippen LogP contribution in [0.25, 0.3) is 11.1 Å². The number of rotatable bonds is 5. The lowest BCUT2D eigenvalue weighted by molar-refractivity contribution is -0.166. The quantitative estimate of drug-likeness (QED) is 0.251. The second-order valence-corrected chi connectivity index (χ2v) is 11.7. The lowest BCUT2D eigenvalue weighted by atomic mass is 9.42. The number of amides is 1. The van der Waals surface area contributed by atoms with Crippen molar-refractivity contribution in [3.8, 4) is 28.7 Å². The molecule has 0 saturated heterocycles. The third kappa shape index (κ3) is 3.67. The Hall–Kier alpha value is -4.77. The van der Waals surface area contributed by atoms with E-state index >= 15 is 0 Å². The zero-order chi connectivity index (χ0) is 31.8. The zero-order valence-corrected chi connectivity index (χ0v) is 23.5. The van der Waals surface area contributed by atoms with Gasteiger partial charge < -0.3 is 27.0 Å². The molecule has 2 aromatic carbocycles. The first-order valence-corrected chi connectivity index (χ1v) is 13.2. The molecule has 2 aromatic rings. The fourth-order valence-corrected chi connectivity index (χ4v) is 7.47. The summed E-state index contributed by atoms with van der Waals surface area (Å²) in [6.45, 7) is 0. The fourth-order valence-electron chi connectivity index (χ4n) is 7.47. The summed E-state index contributed by atoms with van der Waals surface area (Å²) in [7, 11) is 4.26. The smallest absolute Gasteiger partial charge is 0.235 e. The monoisotopic (exact) mass is 587 g/mol. The number of carbonyl (C=O) groups is 6. The third-order valence-corrected chi connectivity index (χ3v) is 9.14. The summed E-state index contributed by atoms with van der Waals surface area (Å²) >= 11 is 0. The van der Waals surface area contributed by atoms with Crippen molar-refractivity contribution < 1.29 is 38.6 Å². The number of ether oxygens (including phenoxy) is 1. The van der Waals surface area contributed by atoms with Crippen molar-refractivity contribution in [2.24, 2.45) is 34.5 Å². The van der Waals surface area contributed by atoms with Crippen LogP contribution in [0, 0.1) is 28.6 Å². The van der Waals surface area contributed by atoms with E-state index in [1.165, 1.54) is 44.3 Å². The lowest BCUT2D eigenvalue weighted by Crippen LogP contribution is -2.85. The van der Waals surface area contributed by atoms with E-state index in [4.69, 9.17) is 21.9 Å². The molecule has 0 bridgehead atoms. The molecule has 5 rings (SSSR count). The summed E-state index contributed by atoms with van der Waals surface area (Å²) in [5.74, 6) is -10.1. The Labute approximate surface area is 245 Å². The summed E-state index contributed by atoms with van der Waals surface area (Å²) in [5, 5.41) is 21.3. The van der Waals surface area contributed by atoms with Crippen molar-refractivity contribution in [2.45, 2.75) is 30.0 Å². The second-order valence-electron chi connectivity index (χ2n) is 11.7. The van der Waals surface area contributed by atoms with Crippen LogP contribution in [-0.4, -0.2) is 83.7 Å². The van der Waals surface area contributed by atoms with Gasteiger partial charge in [-0.3, -0.25) is 33.7 Å². The minimum absolute atomic E-state index is 0.217. The highest BCUT2D eigenvalue weighted by atomic mass is 16.5. The summed E-state index contributed by atoms with van der Waals surface area (Å²) in [5.41, 5.74) is 13.3. The number of hydrogen-bond donors (Lipinski definition) is 4. The van der Waals surface area contributed by atoms with Crippen molar-refractivity contribution >= 4 is 35.3 Å². The van der Waals surface area contributed by atoms with Gasteiger partial charge in [0.15, 0.2) is 40.8 Å². The Morgan fingerprint density at radius 3 is 2.37 bits per heavy atom. The summed E-state index contributed by atoms with van der Waals surface area (Å²) in [6, 6.07) is 7.66. The molecular formula is C30H29N5O8. The van der Waals surface area contributed by atoms with Gasteiger partial charge in [0.05, 0.1) is 35.9 Å². The van der Waals surface area contributed by atoms with Gasteiger partial charge in [-0.1, -0.05) is 12.1 Å². The number of ketones is 4. The van der Waals surface area contributed by atoms with Crippen LogP contribution in [0.15, 0.2) is 30.3 Å². The Bertz CT molecular complexity index is 1710. The Morgan fingerprint density at radius 1 is 1.14 bits per heavy atom. The van der Waals surface area contributed by atoms with Crippen molar-refractivity contribution in [3.63, 3.8) is 0 Å². The van der Waals surface area contributed by atoms with Crippen molar-refractivity contribution in [1.82, 2.24) is 4.90 Å². The highest BCUT2D eigenvalue weighted by Crippen LogP contribution is 2.57. The molecule has 7 N–H and O–H groups in total. The molecule has 1 amide bonds. The maximum atomic E-state index is 14.4. The van der Waals surface area contributed by atoms with E-state index in [2.05, 4.69) is 0 Å². The number of likely N-dealkylation sites (N-methyl/N-ethyl adjacent to an activating group) is 1. The first-order chi connectivity index (χ1) is 20.1. The molecule has 0 aromatic heterocycles. The molecule has 3 aliphatic carbocycles. The van der Waals surface area contributed by atoms with E-state index in [1.807, 2.05) is 0 Å². The summed E-state index contributed by atoms with van der Waals surface area (Å²) in [6.07, 6.45) is -0.171. The molecule has 222 valence electrons. The van der Waals surface area contributed by atoms with Gasteiger partial charge >= 0.3 is 0 Å².